The predicted molar refractivity (Wildman–Crippen MR) is 271 cm³/mol. The summed E-state index contributed by atoms with van der Waals surface area (Å²) in [5.74, 6) is 1.50. The number of aryl methyl sites for hydroxylation is 2. The van der Waals surface area contributed by atoms with Crippen molar-refractivity contribution in [2.75, 3.05) is 0 Å². The van der Waals surface area contributed by atoms with Crippen molar-refractivity contribution >= 4 is 32.8 Å². The summed E-state index contributed by atoms with van der Waals surface area (Å²) in [6, 6.07) is 31.4. The second-order valence-electron chi connectivity index (χ2n) is 17.0. The van der Waals surface area contributed by atoms with E-state index in [0.717, 1.165) is 39.5 Å². The summed E-state index contributed by atoms with van der Waals surface area (Å²) in [6.45, 7) is 0.556. The smallest absolute Gasteiger partial charge is 0.269 e. The number of hydrogen-bond acceptors (Lipinski definition) is 3. The Morgan fingerprint density at radius 2 is 1.34 bits per heavy atom. The molecule has 0 saturated carbocycles. The van der Waals surface area contributed by atoms with Crippen molar-refractivity contribution in [1.29, 1.82) is 5.26 Å². The Morgan fingerprint density at radius 1 is 0.657 bits per heavy atom. The van der Waals surface area contributed by atoms with Crippen molar-refractivity contribution in [3.63, 3.8) is 0 Å². The minimum atomic E-state index is -2.93. The van der Waals surface area contributed by atoms with Gasteiger partial charge in [0.1, 0.15) is 17.3 Å². The number of imidazole rings is 1. The molecule has 0 aliphatic carbocycles. The maximum Gasteiger partial charge on any atom is 0.269 e. The topological polar surface area (TPSA) is 59.6 Å². The van der Waals surface area contributed by atoms with Crippen LogP contribution in [0.25, 0.3) is 83.4 Å². The van der Waals surface area contributed by atoms with Gasteiger partial charge in [-0.3, -0.25) is 13.7 Å². The Bertz CT molecular complexity index is 4400. The van der Waals surface area contributed by atoms with E-state index < -0.39 is 85.3 Å². The highest BCUT2D eigenvalue weighted by molar-refractivity contribution is 6.09. The summed E-state index contributed by atoms with van der Waals surface area (Å²) in [5, 5.41) is 12.0. The summed E-state index contributed by atoms with van der Waals surface area (Å²) in [6.07, 6.45) is 5.15. The van der Waals surface area contributed by atoms with Gasteiger partial charge in [-0.1, -0.05) is 136 Å². The maximum atomic E-state index is 10.00. The van der Waals surface area contributed by atoms with Crippen molar-refractivity contribution in [2.24, 2.45) is 0 Å². The minimum Gasteiger partial charge on any atom is -0.458 e. The number of fused-ring (bicyclic) bond motifs is 4. The van der Waals surface area contributed by atoms with Crippen LogP contribution >= 0.6 is 0 Å². The maximum absolute atomic E-state index is 10.00. The van der Waals surface area contributed by atoms with Gasteiger partial charge in [0.05, 0.1) is 58.8 Å². The van der Waals surface area contributed by atoms with Crippen LogP contribution in [0.3, 0.4) is 0 Å². The number of nitrogens with zero attached hydrogens (tertiary/aromatic N) is 5. The highest BCUT2D eigenvalue weighted by Crippen LogP contribution is 2.39. The van der Waals surface area contributed by atoms with Gasteiger partial charge in [-0.05, 0) is 136 Å². The summed E-state index contributed by atoms with van der Waals surface area (Å²) in [4.78, 5) is 4.81. The molecule has 0 bridgehead atoms. The first-order valence-corrected chi connectivity index (χ1v) is 21.3. The minimum absolute atomic E-state index is 0.0256. The fourth-order valence-corrected chi connectivity index (χ4v) is 8.69. The molecule has 6 nitrogen and oxygen atoms in total. The molecule has 3 aromatic heterocycles. The fourth-order valence-electron chi connectivity index (χ4n) is 8.69. The molecule has 0 aliphatic heterocycles. The van der Waals surface area contributed by atoms with Crippen molar-refractivity contribution in [3.8, 4) is 68.1 Å². The zero-order chi connectivity index (χ0) is 59.5. The molecule has 0 N–H and O–H groups in total. The van der Waals surface area contributed by atoms with Crippen molar-refractivity contribution < 1.29 is 31.2 Å². The van der Waals surface area contributed by atoms with Gasteiger partial charge in [-0.2, -0.15) is 5.26 Å². The molecule has 0 fully saturated rings. The van der Waals surface area contributed by atoms with E-state index in [-0.39, 0.29) is 61.1 Å². The molecule has 6 heteroatoms. The van der Waals surface area contributed by atoms with Gasteiger partial charge in [0, 0.05) is 31.3 Å². The molecule has 8 aromatic carbocycles. The lowest BCUT2D eigenvalue weighted by Gasteiger charge is -2.20. The van der Waals surface area contributed by atoms with Gasteiger partial charge in [0.15, 0.2) is 0 Å². The quantitative estimate of drug-likeness (QED) is 0.113. The molecule has 0 spiro atoms. The van der Waals surface area contributed by atoms with Crippen LogP contribution in [0.15, 0.2) is 194 Å². The van der Waals surface area contributed by atoms with E-state index in [1.54, 1.807) is 35.0 Å². The number of rotatable bonds is 8. The van der Waals surface area contributed by atoms with E-state index in [1.165, 1.54) is 41.0 Å². The first kappa shape index (κ1) is 27.1. The van der Waals surface area contributed by atoms with Crippen LogP contribution in [0.2, 0.25) is 0 Å². The SMILES string of the molecule is [2H]c1c([2H])c([2H])c(-c2cccc(-c3c([2H])c([2H])c([2H])c([2H])c3[2H])c2-[n+]2[c-]n(-c3cccc(Oc4ccc5c6ccccc6n(-c6cc(C(C)(C)C)ccn6)c5c4)c3)c3cc(-c4c(C([2H])([2H])[2H])cc(C#N)cc4C([2H])([2H])[2H])ccc32)c([2H])c1[2H]. The van der Waals surface area contributed by atoms with Gasteiger partial charge < -0.3 is 4.74 Å². The largest absolute Gasteiger partial charge is 0.458 e. The number of ether oxygens (including phenoxy) is 1. The average molecular weight is 882 g/mol. The van der Waals surface area contributed by atoms with Crippen molar-refractivity contribution in [2.45, 2.75) is 39.9 Å². The molecule has 11 rings (SSSR count). The van der Waals surface area contributed by atoms with Crippen LogP contribution < -0.4 is 9.30 Å². The monoisotopic (exact) mass is 881 g/mol. The third kappa shape index (κ3) is 7.41. The van der Waals surface area contributed by atoms with Crippen LogP contribution in [0.5, 0.6) is 11.5 Å². The Hall–Kier alpha value is -8.53. The van der Waals surface area contributed by atoms with E-state index in [1.807, 2.05) is 54.6 Å². The molecule has 0 radical (unpaired) electrons. The molecule has 322 valence electrons. The molecule has 0 saturated heterocycles. The molecular weight excluding hydrogens is 819 g/mol. The molecule has 67 heavy (non-hydrogen) atoms. The molecule has 11 aromatic rings. The molecule has 3 heterocycles. The number of aromatic nitrogens is 4. The molecule has 0 atom stereocenters. The first-order chi connectivity index (χ1) is 39.2. The van der Waals surface area contributed by atoms with Crippen LogP contribution in [0.4, 0.5) is 0 Å². The highest BCUT2D eigenvalue weighted by atomic mass is 16.5. The van der Waals surface area contributed by atoms with Crippen LogP contribution in [0.1, 0.15) is 65.0 Å². The standard InChI is InChI=1S/C61H47N5O/c1-40-32-42(38-62)33-41(2)59(40)45-26-29-55-57(34-45)64(39-65(55)60-50(43-16-8-6-9-17-43)23-15-24-51(60)44-18-10-7-11-19-44)47-20-14-21-48(36-47)67-49-27-28-53-52-22-12-13-25-54(52)66(56(53)37-49)58-35-46(30-31-63-58)61(3,4)5/h6-37H,1-5H3/i1D3,2D3,6D,7D,8D,9D,10D,11D,16D,17D,18D,19D. The van der Waals surface area contributed by atoms with Gasteiger partial charge in [-0.15, -0.1) is 0 Å². The zero-order valence-corrected chi connectivity index (χ0v) is 36.3. The zero-order valence-electron chi connectivity index (χ0n) is 52.3. The summed E-state index contributed by atoms with van der Waals surface area (Å²) in [7, 11) is 0. The van der Waals surface area contributed by atoms with Gasteiger partial charge in [0.2, 0.25) is 0 Å². The van der Waals surface area contributed by atoms with Crippen molar-refractivity contribution in [1.82, 2.24) is 14.1 Å². The number of nitriles is 1. The summed E-state index contributed by atoms with van der Waals surface area (Å²) >= 11 is 0. The number of benzene rings is 8. The van der Waals surface area contributed by atoms with Gasteiger partial charge in [0.25, 0.3) is 6.33 Å². The second kappa shape index (κ2) is 16.5. The predicted octanol–water partition coefficient (Wildman–Crippen LogP) is 14.8. The lowest BCUT2D eigenvalue weighted by Crippen LogP contribution is -2.31. The summed E-state index contributed by atoms with van der Waals surface area (Å²) in [5.41, 5.74) is 1.73. The van der Waals surface area contributed by atoms with E-state index >= 15 is 0 Å². The number of para-hydroxylation sites is 2. The van der Waals surface area contributed by atoms with E-state index in [2.05, 4.69) is 37.7 Å². The Kier molecular flexibility index (Phi) is 6.66. The average Bonchev–Trinajstić information content (AvgIpc) is 2.42. The van der Waals surface area contributed by atoms with E-state index in [9.17, 15) is 10.7 Å². The fraction of sp³-hybridized carbons (Fsp3) is 0.0984. The third-order valence-electron chi connectivity index (χ3n) is 11.8. The van der Waals surface area contributed by atoms with Gasteiger partial charge >= 0.3 is 0 Å². The highest BCUT2D eigenvalue weighted by Gasteiger charge is 2.22. The lowest BCUT2D eigenvalue weighted by molar-refractivity contribution is -0.571. The van der Waals surface area contributed by atoms with Crippen LogP contribution in [-0.2, 0) is 5.41 Å². The second-order valence-corrected chi connectivity index (χ2v) is 17.0. The lowest BCUT2D eigenvalue weighted by atomic mass is 9.88. The number of pyridine rings is 1. The normalized spacial score (nSPS) is 15.4. The summed E-state index contributed by atoms with van der Waals surface area (Å²) < 4.78 is 152. The molecule has 0 amide bonds. The Balaban J connectivity index is 1.19. The molecule has 0 unspecified atom stereocenters. The molecular formula is C61H47N5O. The first-order valence-electron chi connectivity index (χ1n) is 29.3. The van der Waals surface area contributed by atoms with Crippen LogP contribution in [0, 0.1) is 31.4 Å². The van der Waals surface area contributed by atoms with Crippen LogP contribution in [-0.4, -0.2) is 14.1 Å². The Labute approximate surface area is 413 Å². The van der Waals surface area contributed by atoms with E-state index in [0.29, 0.717) is 23.0 Å². The van der Waals surface area contributed by atoms with Gasteiger partial charge in [-0.25, -0.2) is 4.98 Å². The van der Waals surface area contributed by atoms with E-state index in [4.69, 9.17) is 26.2 Å². The Morgan fingerprint density at radius 3 is 2.04 bits per heavy atom. The van der Waals surface area contributed by atoms with Crippen molar-refractivity contribution in [3.05, 3.63) is 223 Å². The molecule has 0 aliphatic rings. The number of hydrogen-bond donors (Lipinski definition) is 0. The third-order valence-corrected chi connectivity index (χ3v) is 11.8.